The molecule has 2 aromatic carbocycles. The second-order valence-corrected chi connectivity index (χ2v) is 6.54. The second kappa shape index (κ2) is 6.79. The van der Waals surface area contributed by atoms with E-state index in [1.165, 1.54) is 0 Å². The van der Waals surface area contributed by atoms with Gasteiger partial charge in [0.25, 0.3) is 0 Å². The van der Waals surface area contributed by atoms with Crippen molar-refractivity contribution in [3.8, 4) is 22.8 Å². The maximum atomic E-state index is 12.9. The second-order valence-electron chi connectivity index (χ2n) is 6.54. The molecule has 3 aromatic rings. The number of hydrogen-bond acceptors (Lipinski definition) is 5. The number of benzene rings is 2. The Bertz CT molecular complexity index is 976. The molecular weight excluding hydrogens is 344 g/mol. The van der Waals surface area contributed by atoms with E-state index >= 15 is 0 Å². The van der Waals surface area contributed by atoms with E-state index in [9.17, 15) is 4.79 Å². The molecule has 0 spiro atoms. The molecule has 6 nitrogen and oxygen atoms in total. The maximum absolute atomic E-state index is 12.9. The summed E-state index contributed by atoms with van der Waals surface area (Å²) in [5.74, 6) is 1.87. The summed E-state index contributed by atoms with van der Waals surface area (Å²) in [4.78, 5) is 12.9. The number of ether oxygens (including phenoxy) is 2. The highest BCUT2D eigenvalue weighted by atomic mass is 16.5. The summed E-state index contributed by atoms with van der Waals surface area (Å²) in [6.45, 7) is 0. The highest BCUT2D eigenvalue weighted by Crippen LogP contribution is 2.49. The van der Waals surface area contributed by atoms with E-state index in [4.69, 9.17) is 14.0 Å². The Balaban J connectivity index is 1.58. The molecule has 1 heterocycles. The summed E-state index contributed by atoms with van der Waals surface area (Å²) in [6, 6.07) is 16.7. The normalized spacial score (nSPS) is 14.4. The van der Waals surface area contributed by atoms with E-state index in [2.05, 4.69) is 10.5 Å². The molecule has 1 saturated carbocycles. The lowest BCUT2D eigenvalue weighted by Gasteiger charge is -2.14. The summed E-state index contributed by atoms with van der Waals surface area (Å²) < 4.78 is 16.1. The molecule has 4 rings (SSSR count). The van der Waals surface area contributed by atoms with Crippen molar-refractivity contribution in [1.82, 2.24) is 5.16 Å². The molecule has 1 fully saturated rings. The number of nitrogens with one attached hydrogen (secondary N) is 1. The Morgan fingerprint density at radius 1 is 1.07 bits per heavy atom. The Hall–Kier alpha value is -3.28. The van der Waals surface area contributed by atoms with Gasteiger partial charge in [-0.25, -0.2) is 0 Å². The van der Waals surface area contributed by atoms with Gasteiger partial charge in [0.1, 0.15) is 11.5 Å². The molecule has 1 aliphatic rings. The van der Waals surface area contributed by atoms with E-state index in [1.807, 2.05) is 54.6 Å². The van der Waals surface area contributed by atoms with Gasteiger partial charge in [-0.05, 0) is 37.1 Å². The van der Waals surface area contributed by atoms with Crippen molar-refractivity contribution in [2.75, 3.05) is 19.5 Å². The number of para-hydroxylation sites is 2. The van der Waals surface area contributed by atoms with Crippen LogP contribution in [0.4, 0.5) is 5.69 Å². The lowest BCUT2D eigenvalue weighted by Crippen LogP contribution is -2.28. The highest BCUT2D eigenvalue weighted by molar-refractivity contribution is 6.02. The number of methoxy groups -OCH3 is 2. The van der Waals surface area contributed by atoms with Gasteiger partial charge in [-0.2, -0.15) is 0 Å². The fourth-order valence-electron chi connectivity index (χ4n) is 3.13. The van der Waals surface area contributed by atoms with E-state index < -0.39 is 5.41 Å². The van der Waals surface area contributed by atoms with Crippen molar-refractivity contribution in [2.45, 2.75) is 18.3 Å². The molecule has 138 valence electrons. The van der Waals surface area contributed by atoms with Crippen LogP contribution in [0.2, 0.25) is 0 Å². The van der Waals surface area contributed by atoms with Crippen LogP contribution in [0.15, 0.2) is 59.1 Å². The van der Waals surface area contributed by atoms with Crippen LogP contribution in [0.1, 0.15) is 18.5 Å². The lowest BCUT2D eigenvalue weighted by atomic mass is 10.00. The molecule has 1 aromatic heterocycles. The minimum absolute atomic E-state index is 0.0995. The van der Waals surface area contributed by atoms with Gasteiger partial charge in [0.15, 0.2) is 5.76 Å². The third-order valence-corrected chi connectivity index (χ3v) is 4.89. The number of rotatable bonds is 6. The zero-order valence-electron chi connectivity index (χ0n) is 15.2. The first-order chi connectivity index (χ1) is 13.2. The number of nitrogens with zero attached hydrogens (tertiary/aromatic N) is 1. The van der Waals surface area contributed by atoms with E-state index in [1.54, 1.807) is 14.2 Å². The monoisotopic (exact) mass is 364 g/mol. The van der Waals surface area contributed by atoms with Gasteiger partial charge in [0.2, 0.25) is 5.91 Å². The van der Waals surface area contributed by atoms with Gasteiger partial charge in [0.05, 0.1) is 31.0 Å². The smallest absolute Gasteiger partial charge is 0.236 e. The maximum Gasteiger partial charge on any atom is 0.236 e. The van der Waals surface area contributed by atoms with Crippen LogP contribution in [0.3, 0.4) is 0 Å². The zero-order chi connectivity index (χ0) is 18.9. The largest absolute Gasteiger partial charge is 0.497 e. The van der Waals surface area contributed by atoms with Crippen LogP contribution in [0.5, 0.6) is 11.5 Å². The first-order valence-electron chi connectivity index (χ1n) is 8.72. The Kier molecular flexibility index (Phi) is 4.32. The number of carbonyl (C=O) groups excluding carboxylic acids is 1. The molecule has 0 bridgehead atoms. The van der Waals surface area contributed by atoms with Crippen molar-refractivity contribution in [2.24, 2.45) is 0 Å². The van der Waals surface area contributed by atoms with E-state index in [0.717, 1.165) is 24.2 Å². The van der Waals surface area contributed by atoms with Crippen molar-refractivity contribution < 1.29 is 18.8 Å². The number of hydrogen-bond donors (Lipinski definition) is 1. The van der Waals surface area contributed by atoms with Crippen molar-refractivity contribution >= 4 is 11.6 Å². The molecule has 27 heavy (non-hydrogen) atoms. The minimum Gasteiger partial charge on any atom is -0.497 e. The number of anilines is 1. The highest BCUT2D eigenvalue weighted by Gasteiger charge is 2.54. The Morgan fingerprint density at radius 3 is 2.63 bits per heavy atom. The number of amides is 1. The molecule has 0 unspecified atom stereocenters. The molecule has 1 aliphatic carbocycles. The van der Waals surface area contributed by atoms with Crippen molar-refractivity contribution in [3.05, 3.63) is 60.3 Å². The fourth-order valence-corrected chi connectivity index (χ4v) is 3.13. The average molecular weight is 364 g/mol. The van der Waals surface area contributed by atoms with Gasteiger partial charge < -0.3 is 19.3 Å². The van der Waals surface area contributed by atoms with Crippen molar-refractivity contribution in [1.29, 1.82) is 0 Å². The molecule has 6 heteroatoms. The van der Waals surface area contributed by atoms with Crippen LogP contribution in [-0.4, -0.2) is 25.3 Å². The average Bonchev–Trinajstić information content (AvgIpc) is 3.38. The van der Waals surface area contributed by atoms with Gasteiger partial charge in [-0.1, -0.05) is 29.4 Å². The molecule has 0 saturated heterocycles. The van der Waals surface area contributed by atoms with Crippen LogP contribution in [0, 0.1) is 0 Å². The van der Waals surface area contributed by atoms with Gasteiger partial charge in [-0.3, -0.25) is 4.79 Å². The van der Waals surface area contributed by atoms with Gasteiger partial charge in [0, 0.05) is 11.6 Å². The van der Waals surface area contributed by atoms with Crippen LogP contribution >= 0.6 is 0 Å². The van der Waals surface area contributed by atoms with Gasteiger partial charge >= 0.3 is 0 Å². The van der Waals surface area contributed by atoms with E-state index in [-0.39, 0.29) is 5.91 Å². The zero-order valence-corrected chi connectivity index (χ0v) is 15.2. The van der Waals surface area contributed by atoms with Gasteiger partial charge in [-0.15, -0.1) is 0 Å². The molecule has 1 amide bonds. The topological polar surface area (TPSA) is 73.6 Å². The third kappa shape index (κ3) is 3.14. The van der Waals surface area contributed by atoms with Crippen LogP contribution in [-0.2, 0) is 10.2 Å². The first kappa shape index (κ1) is 17.1. The van der Waals surface area contributed by atoms with Crippen LogP contribution in [0.25, 0.3) is 11.3 Å². The fraction of sp³-hybridized carbons (Fsp3) is 0.238. The van der Waals surface area contributed by atoms with E-state index in [0.29, 0.717) is 22.9 Å². The third-order valence-electron chi connectivity index (χ3n) is 4.89. The quantitative estimate of drug-likeness (QED) is 0.715. The summed E-state index contributed by atoms with van der Waals surface area (Å²) in [5, 5.41) is 7.14. The Labute approximate surface area is 157 Å². The number of carbonyl (C=O) groups is 1. The van der Waals surface area contributed by atoms with Crippen LogP contribution < -0.4 is 14.8 Å². The SMILES string of the molecule is COc1cccc(-c2cc(C3(C(=O)Nc4ccccc4OC)CC3)no2)c1. The summed E-state index contributed by atoms with van der Waals surface area (Å²) in [5.41, 5.74) is 1.50. The summed E-state index contributed by atoms with van der Waals surface area (Å²) in [7, 11) is 3.20. The Morgan fingerprint density at radius 2 is 1.89 bits per heavy atom. The minimum atomic E-state index is -0.651. The summed E-state index contributed by atoms with van der Waals surface area (Å²) >= 11 is 0. The first-order valence-corrected chi connectivity index (χ1v) is 8.72. The predicted molar refractivity (Wildman–Crippen MR) is 101 cm³/mol. The molecule has 1 N–H and O–H groups in total. The lowest BCUT2D eigenvalue weighted by molar-refractivity contribution is -0.118. The molecular formula is C21H20N2O4. The molecule has 0 atom stereocenters. The number of aromatic nitrogens is 1. The molecule has 0 aliphatic heterocycles. The summed E-state index contributed by atoms with van der Waals surface area (Å²) in [6.07, 6.45) is 1.47. The molecule has 0 radical (unpaired) electrons. The van der Waals surface area contributed by atoms with Crippen molar-refractivity contribution in [3.63, 3.8) is 0 Å². The predicted octanol–water partition coefficient (Wildman–Crippen LogP) is 4.03. The standard InChI is InChI=1S/C21H20N2O4/c1-25-15-7-5-6-14(12-15)18-13-19(23-27-18)21(10-11-21)20(24)22-16-8-3-4-9-17(16)26-2/h3-9,12-13H,10-11H2,1-2H3,(H,22,24).